The molecule has 0 spiro atoms. The minimum Gasteiger partial charge on any atom is -0.477 e. The molecule has 1 aromatic carbocycles. The molecule has 1 aliphatic heterocycles. The van der Waals surface area contributed by atoms with E-state index in [-0.39, 0.29) is 18.1 Å². The van der Waals surface area contributed by atoms with Gasteiger partial charge in [-0.25, -0.2) is 9.78 Å². The second-order valence-electron chi connectivity index (χ2n) is 5.83. The minimum absolute atomic E-state index is 0.0156. The van der Waals surface area contributed by atoms with Crippen LogP contribution in [0.25, 0.3) is 0 Å². The van der Waals surface area contributed by atoms with Gasteiger partial charge in [0, 0.05) is 19.5 Å². The van der Waals surface area contributed by atoms with Crippen molar-refractivity contribution in [1.82, 2.24) is 10.3 Å². The van der Waals surface area contributed by atoms with Crippen LogP contribution in [0, 0.1) is 0 Å². The molecule has 10 heteroatoms. The van der Waals surface area contributed by atoms with Crippen molar-refractivity contribution in [3.8, 4) is 5.75 Å². The molecule has 2 amide bonds. The third-order valence-electron chi connectivity index (χ3n) is 3.97. The van der Waals surface area contributed by atoms with E-state index >= 15 is 0 Å². The molecule has 0 bridgehead atoms. The standard InChI is InChI=1S/C18H19N3O6S/c1-19-17(23)14-7-21(12-5-3-4-6-13(12)27-14)16(22)9-26-18(24)11-10-28-15(20-11)8-25-2/h3-6,10,14H,7-9H2,1-2H3,(H,19,23). The Morgan fingerprint density at radius 1 is 1.36 bits per heavy atom. The van der Waals surface area contributed by atoms with Crippen molar-refractivity contribution >= 4 is 34.8 Å². The van der Waals surface area contributed by atoms with E-state index in [1.807, 2.05) is 0 Å². The van der Waals surface area contributed by atoms with Crippen LogP contribution in [0.2, 0.25) is 0 Å². The Labute approximate surface area is 165 Å². The third kappa shape index (κ3) is 4.29. The molecular formula is C18H19N3O6S. The van der Waals surface area contributed by atoms with E-state index in [2.05, 4.69) is 10.3 Å². The first-order valence-corrected chi connectivity index (χ1v) is 9.29. The van der Waals surface area contributed by atoms with Crippen LogP contribution in [0.1, 0.15) is 15.5 Å². The van der Waals surface area contributed by atoms with Gasteiger partial charge in [0.15, 0.2) is 18.4 Å². The van der Waals surface area contributed by atoms with Gasteiger partial charge in [-0.05, 0) is 12.1 Å². The van der Waals surface area contributed by atoms with Gasteiger partial charge in [-0.2, -0.15) is 0 Å². The number of benzene rings is 1. The van der Waals surface area contributed by atoms with Crippen molar-refractivity contribution in [3.63, 3.8) is 0 Å². The number of amides is 2. The van der Waals surface area contributed by atoms with Crippen molar-refractivity contribution in [2.75, 3.05) is 32.2 Å². The number of hydrogen-bond donors (Lipinski definition) is 1. The zero-order valence-corrected chi connectivity index (χ0v) is 16.2. The summed E-state index contributed by atoms with van der Waals surface area (Å²) in [6, 6.07) is 6.87. The Morgan fingerprint density at radius 2 is 2.14 bits per heavy atom. The summed E-state index contributed by atoms with van der Waals surface area (Å²) >= 11 is 1.27. The van der Waals surface area contributed by atoms with Crippen molar-refractivity contribution in [2.45, 2.75) is 12.7 Å². The number of carbonyl (C=O) groups is 3. The second kappa shape index (κ2) is 8.81. The van der Waals surface area contributed by atoms with Crippen LogP contribution in [0.15, 0.2) is 29.6 Å². The summed E-state index contributed by atoms with van der Waals surface area (Å²) in [4.78, 5) is 42.3. The van der Waals surface area contributed by atoms with Gasteiger partial charge in [0.25, 0.3) is 11.8 Å². The first-order valence-electron chi connectivity index (χ1n) is 8.41. The van der Waals surface area contributed by atoms with Crippen LogP contribution >= 0.6 is 11.3 Å². The number of hydrogen-bond acceptors (Lipinski definition) is 8. The van der Waals surface area contributed by atoms with Crippen LogP contribution in [0.3, 0.4) is 0 Å². The number of carbonyl (C=O) groups excluding carboxylic acids is 3. The quantitative estimate of drug-likeness (QED) is 0.714. The van der Waals surface area contributed by atoms with Crippen LogP contribution < -0.4 is 15.0 Å². The average molecular weight is 405 g/mol. The molecular weight excluding hydrogens is 386 g/mol. The lowest BCUT2D eigenvalue weighted by molar-refractivity contribution is -0.128. The SMILES string of the molecule is CNC(=O)C1CN(C(=O)COC(=O)c2csc(COC)n2)c2ccccc2O1. The summed E-state index contributed by atoms with van der Waals surface area (Å²) in [5.41, 5.74) is 0.634. The number of rotatable bonds is 6. The molecule has 0 aliphatic carbocycles. The highest BCUT2D eigenvalue weighted by atomic mass is 32.1. The summed E-state index contributed by atoms with van der Waals surface area (Å²) in [7, 11) is 3.02. The van der Waals surface area contributed by atoms with Gasteiger partial charge in [0.1, 0.15) is 10.8 Å². The molecule has 1 aromatic heterocycles. The number of nitrogens with zero attached hydrogens (tertiary/aromatic N) is 2. The molecule has 0 saturated carbocycles. The minimum atomic E-state index is -0.852. The lowest BCUT2D eigenvalue weighted by Gasteiger charge is -2.33. The number of nitrogens with one attached hydrogen (secondary N) is 1. The molecule has 2 heterocycles. The van der Waals surface area contributed by atoms with Gasteiger partial charge >= 0.3 is 5.97 Å². The first-order chi connectivity index (χ1) is 13.5. The van der Waals surface area contributed by atoms with Gasteiger partial charge in [0.2, 0.25) is 0 Å². The van der Waals surface area contributed by atoms with Crippen molar-refractivity contribution in [1.29, 1.82) is 0 Å². The van der Waals surface area contributed by atoms with E-state index in [1.165, 1.54) is 30.4 Å². The summed E-state index contributed by atoms with van der Waals surface area (Å²) in [6.45, 7) is -0.172. The molecule has 1 aliphatic rings. The first kappa shape index (κ1) is 19.8. The number of para-hydroxylation sites is 2. The van der Waals surface area contributed by atoms with Crippen LogP contribution in [0.5, 0.6) is 5.75 Å². The van der Waals surface area contributed by atoms with E-state index < -0.39 is 24.6 Å². The zero-order valence-electron chi connectivity index (χ0n) is 15.3. The van der Waals surface area contributed by atoms with E-state index in [9.17, 15) is 14.4 Å². The topological polar surface area (TPSA) is 107 Å². The van der Waals surface area contributed by atoms with Crippen LogP contribution in [-0.4, -0.2) is 56.2 Å². The number of fused-ring (bicyclic) bond motifs is 1. The Balaban J connectivity index is 1.68. The lowest BCUT2D eigenvalue weighted by Crippen LogP contribution is -2.51. The highest BCUT2D eigenvalue weighted by Gasteiger charge is 2.33. The number of thiazole rings is 1. The fraction of sp³-hybridized carbons (Fsp3) is 0.333. The number of anilines is 1. The molecule has 1 N–H and O–H groups in total. The fourth-order valence-corrected chi connectivity index (χ4v) is 3.38. The monoisotopic (exact) mass is 405 g/mol. The average Bonchev–Trinajstić information content (AvgIpc) is 3.19. The van der Waals surface area contributed by atoms with Crippen molar-refractivity contribution < 1.29 is 28.6 Å². The maximum atomic E-state index is 12.7. The summed E-state index contributed by atoms with van der Waals surface area (Å²) in [5, 5.41) is 4.69. The third-order valence-corrected chi connectivity index (χ3v) is 4.79. The molecule has 148 valence electrons. The van der Waals surface area contributed by atoms with Gasteiger partial charge < -0.3 is 24.4 Å². The molecule has 2 aromatic rings. The van der Waals surface area contributed by atoms with E-state index in [4.69, 9.17) is 14.2 Å². The molecule has 28 heavy (non-hydrogen) atoms. The molecule has 0 fully saturated rings. The van der Waals surface area contributed by atoms with Gasteiger partial charge in [-0.15, -0.1) is 11.3 Å². The predicted molar refractivity (Wildman–Crippen MR) is 100 cm³/mol. The lowest BCUT2D eigenvalue weighted by atomic mass is 10.1. The summed E-state index contributed by atoms with van der Waals surface area (Å²) < 4.78 is 15.7. The van der Waals surface area contributed by atoms with E-state index in [0.717, 1.165) is 0 Å². The summed E-state index contributed by atoms with van der Waals surface area (Å²) in [6.07, 6.45) is -0.852. The molecule has 1 unspecified atom stereocenters. The van der Waals surface area contributed by atoms with Gasteiger partial charge in [-0.1, -0.05) is 12.1 Å². The van der Waals surface area contributed by atoms with Gasteiger partial charge in [0.05, 0.1) is 18.8 Å². The maximum Gasteiger partial charge on any atom is 0.358 e. The normalized spacial score (nSPS) is 15.4. The Kier molecular flexibility index (Phi) is 6.22. The molecule has 0 radical (unpaired) electrons. The number of ether oxygens (including phenoxy) is 3. The van der Waals surface area contributed by atoms with Crippen molar-refractivity contribution in [3.05, 3.63) is 40.3 Å². The smallest absolute Gasteiger partial charge is 0.358 e. The molecule has 1 atom stereocenters. The number of esters is 1. The Hall–Kier alpha value is -2.98. The second-order valence-corrected chi connectivity index (χ2v) is 6.77. The van der Waals surface area contributed by atoms with Crippen molar-refractivity contribution in [2.24, 2.45) is 0 Å². The summed E-state index contributed by atoms with van der Waals surface area (Å²) in [5.74, 6) is -1.11. The largest absolute Gasteiger partial charge is 0.477 e. The number of likely N-dealkylation sites (N-methyl/N-ethyl adjacent to an activating group) is 1. The maximum absolute atomic E-state index is 12.7. The molecule has 9 nitrogen and oxygen atoms in total. The Bertz CT molecular complexity index is 884. The number of methoxy groups -OCH3 is 1. The van der Waals surface area contributed by atoms with Crippen LogP contribution in [-0.2, 0) is 25.7 Å². The van der Waals surface area contributed by atoms with Crippen LogP contribution in [0.4, 0.5) is 5.69 Å². The Morgan fingerprint density at radius 3 is 2.89 bits per heavy atom. The van der Waals surface area contributed by atoms with E-state index in [0.29, 0.717) is 23.1 Å². The molecule has 0 saturated heterocycles. The van der Waals surface area contributed by atoms with Gasteiger partial charge in [-0.3, -0.25) is 9.59 Å². The van der Waals surface area contributed by atoms with E-state index in [1.54, 1.807) is 29.6 Å². The molecule has 3 rings (SSSR count). The number of aromatic nitrogens is 1. The highest BCUT2D eigenvalue weighted by molar-refractivity contribution is 7.09. The predicted octanol–water partition coefficient (Wildman–Crippen LogP) is 0.986. The highest BCUT2D eigenvalue weighted by Crippen LogP contribution is 2.33. The zero-order chi connectivity index (χ0) is 20.1. The fourth-order valence-electron chi connectivity index (χ4n) is 2.64.